The van der Waals surface area contributed by atoms with E-state index in [0.29, 0.717) is 13.2 Å². The van der Waals surface area contributed by atoms with Crippen LogP contribution >= 0.6 is 0 Å². The highest BCUT2D eigenvalue weighted by molar-refractivity contribution is 5.67. The third-order valence-electron chi connectivity index (χ3n) is 3.66. The first-order chi connectivity index (χ1) is 9.34. The first-order valence-corrected chi connectivity index (χ1v) is 6.63. The van der Waals surface area contributed by atoms with Gasteiger partial charge in [-0.25, -0.2) is 0 Å². The molecule has 1 N–H and O–H groups in total. The SMILES string of the molecule is O=CC1(c2ccc(N3CCOCC3)cc2)NCCO1. The summed E-state index contributed by atoms with van der Waals surface area (Å²) in [4.78, 5) is 13.6. The van der Waals surface area contributed by atoms with E-state index in [2.05, 4.69) is 10.2 Å². The summed E-state index contributed by atoms with van der Waals surface area (Å²) in [5.41, 5.74) is 1.06. The zero-order valence-electron chi connectivity index (χ0n) is 10.8. The third-order valence-corrected chi connectivity index (χ3v) is 3.66. The number of aldehydes is 1. The van der Waals surface area contributed by atoms with Crippen LogP contribution in [0.1, 0.15) is 5.56 Å². The molecule has 2 saturated heterocycles. The summed E-state index contributed by atoms with van der Waals surface area (Å²) in [6.45, 7) is 4.61. The monoisotopic (exact) mass is 262 g/mol. The molecule has 1 unspecified atom stereocenters. The quantitative estimate of drug-likeness (QED) is 0.804. The van der Waals surface area contributed by atoms with Gasteiger partial charge >= 0.3 is 0 Å². The van der Waals surface area contributed by atoms with Gasteiger partial charge in [-0.3, -0.25) is 10.1 Å². The first kappa shape index (κ1) is 12.6. The van der Waals surface area contributed by atoms with E-state index in [9.17, 15) is 4.79 Å². The lowest BCUT2D eigenvalue weighted by molar-refractivity contribution is -0.128. The normalized spacial score (nSPS) is 27.5. The second-order valence-electron chi connectivity index (χ2n) is 4.78. The van der Waals surface area contributed by atoms with Gasteiger partial charge in [0.1, 0.15) is 0 Å². The summed E-state index contributed by atoms with van der Waals surface area (Å²) in [6, 6.07) is 7.99. The molecule has 2 aliphatic heterocycles. The summed E-state index contributed by atoms with van der Waals surface area (Å²) < 4.78 is 10.9. The minimum atomic E-state index is -0.955. The lowest BCUT2D eigenvalue weighted by Crippen LogP contribution is -2.40. The topological polar surface area (TPSA) is 50.8 Å². The summed E-state index contributed by atoms with van der Waals surface area (Å²) >= 11 is 0. The van der Waals surface area contributed by atoms with Crippen LogP contribution in [-0.4, -0.2) is 45.7 Å². The van der Waals surface area contributed by atoms with Crippen molar-refractivity contribution in [3.8, 4) is 0 Å². The van der Waals surface area contributed by atoms with E-state index >= 15 is 0 Å². The number of rotatable bonds is 3. The number of ether oxygens (including phenoxy) is 2. The van der Waals surface area contributed by atoms with Crippen LogP contribution in [0.2, 0.25) is 0 Å². The van der Waals surface area contributed by atoms with Crippen molar-refractivity contribution in [2.45, 2.75) is 5.72 Å². The average molecular weight is 262 g/mol. The van der Waals surface area contributed by atoms with Crippen LogP contribution in [0, 0.1) is 0 Å². The van der Waals surface area contributed by atoms with Crippen LogP contribution in [-0.2, 0) is 20.0 Å². The molecule has 0 spiro atoms. The summed E-state index contributed by atoms with van der Waals surface area (Å²) in [7, 11) is 0. The molecule has 0 saturated carbocycles. The van der Waals surface area contributed by atoms with Crippen LogP contribution in [0.3, 0.4) is 0 Å². The maximum Gasteiger partial charge on any atom is 0.202 e. The Morgan fingerprint density at radius 3 is 2.47 bits per heavy atom. The number of nitrogens with zero attached hydrogens (tertiary/aromatic N) is 1. The fourth-order valence-corrected chi connectivity index (χ4v) is 2.57. The predicted molar refractivity (Wildman–Crippen MR) is 71.2 cm³/mol. The highest BCUT2D eigenvalue weighted by atomic mass is 16.5. The lowest BCUT2D eigenvalue weighted by atomic mass is 10.0. The Morgan fingerprint density at radius 2 is 1.89 bits per heavy atom. The van der Waals surface area contributed by atoms with Crippen LogP contribution in [0.15, 0.2) is 24.3 Å². The van der Waals surface area contributed by atoms with Crippen molar-refractivity contribution in [1.29, 1.82) is 0 Å². The average Bonchev–Trinajstić information content (AvgIpc) is 2.98. The van der Waals surface area contributed by atoms with Gasteiger partial charge in [-0.05, 0) is 12.1 Å². The predicted octanol–water partition coefficient (Wildman–Crippen LogP) is 0.495. The number of hydrogen-bond donors (Lipinski definition) is 1. The number of anilines is 1. The van der Waals surface area contributed by atoms with Crippen molar-refractivity contribution in [1.82, 2.24) is 5.32 Å². The molecule has 1 atom stereocenters. The fourth-order valence-electron chi connectivity index (χ4n) is 2.57. The number of carbonyl (C=O) groups excluding carboxylic acids is 1. The molecule has 1 aromatic rings. The lowest BCUT2D eigenvalue weighted by Gasteiger charge is -2.29. The van der Waals surface area contributed by atoms with Gasteiger partial charge < -0.3 is 14.4 Å². The molecule has 2 aliphatic rings. The Balaban J connectivity index is 1.80. The second kappa shape index (κ2) is 5.28. The molecule has 0 radical (unpaired) electrons. The van der Waals surface area contributed by atoms with Crippen molar-refractivity contribution in [2.75, 3.05) is 44.4 Å². The first-order valence-electron chi connectivity index (χ1n) is 6.63. The molecule has 102 valence electrons. The molecule has 2 heterocycles. The molecule has 19 heavy (non-hydrogen) atoms. The maximum atomic E-state index is 11.3. The van der Waals surface area contributed by atoms with E-state index in [4.69, 9.17) is 9.47 Å². The third kappa shape index (κ3) is 2.36. The number of hydrogen-bond acceptors (Lipinski definition) is 5. The minimum absolute atomic E-state index is 0.559. The van der Waals surface area contributed by atoms with Gasteiger partial charge in [-0.15, -0.1) is 0 Å². The second-order valence-corrected chi connectivity index (χ2v) is 4.78. The van der Waals surface area contributed by atoms with Crippen molar-refractivity contribution in [2.24, 2.45) is 0 Å². The van der Waals surface area contributed by atoms with Crippen molar-refractivity contribution < 1.29 is 14.3 Å². The molecular formula is C14H18N2O3. The molecule has 0 amide bonds. The Bertz CT molecular complexity index is 435. The molecule has 0 aliphatic carbocycles. The Labute approximate surface area is 112 Å². The number of benzene rings is 1. The van der Waals surface area contributed by atoms with Gasteiger partial charge in [0.2, 0.25) is 5.72 Å². The summed E-state index contributed by atoms with van der Waals surface area (Å²) in [6.07, 6.45) is 0.837. The summed E-state index contributed by atoms with van der Waals surface area (Å²) in [5.74, 6) is 0. The van der Waals surface area contributed by atoms with Crippen LogP contribution in [0.4, 0.5) is 5.69 Å². The zero-order valence-corrected chi connectivity index (χ0v) is 10.8. The van der Waals surface area contributed by atoms with Gasteiger partial charge in [-0.2, -0.15) is 0 Å². The van der Waals surface area contributed by atoms with E-state index in [1.165, 1.54) is 0 Å². The minimum Gasteiger partial charge on any atom is -0.378 e. The van der Waals surface area contributed by atoms with Crippen molar-refractivity contribution in [3.05, 3.63) is 29.8 Å². The van der Waals surface area contributed by atoms with Gasteiger partial charge in [0.25, 0.3) is 0 Å². The van der Waals surface area contributed by atoms with Gasteiger partial charge in [0, 0.05) is 30.9 Å². The molecular weight excluding hydrogens is 244 g/mol. The molecule has 0 aromatic heterocycles. The van der Waals surface area contributed by atoms with Crippen LogP contribution in [0.5, 0.6) is 0 Å². The Hall–Kier alpha value is -1.43. The molecule has 5 heteroatoms. The van der Waals surface area contributed by atoms with E-state index < -0.39 is 5.72 Å². The molecule has 3 rings (SSSR count). The molecule has 2 fully saturated rings. The standard InChI is InChI=1S/C14H18N2O3/c17-11-14(15-5-8-19-14)12-1-3-13(4-2-12)16-6-9-18-10-7-16/h1-4,11,15H,5-10H2. The fraction of sp³-hybridized carbons (Fsp3) is 0.500. The number of nitrogens with one attached hydrogen (secondary N) is 1. The van der Waals surface area contributed by atoms with Crippen LogP contribution in [0.25, 0.3) is 0 Å². The van der Waals surface area contributed by atoms with E-state index in [1.807, 2.05) is 24.3 Å². The van der Waals surface area contributed by atoms with E-state index in [-0.39, 0.29) is 0 Å². The largest absolute Gasteiger partial charge is 0.378 e. The van der Waals surface area contributed by atoms with Gasteiger partial charge in [0.15, 0.2) is 6.29 Å². The Kier molecular flexibility index (Phi) is 3.50. The van der Waals surface area contributed by atoms with E-state index in [0.717, 1.165) is 43.8 Å². The van der Waals surface area contributed by atoms with Crippen molar-refractivity contribution in [3.63, 3.8) is 0 Å². The Morgan fingerprint density at radius 1 is 1.16 bits per heavy atom. The zero-order chi connectivity index (χ0) is 13.1. The number of carbonyl (C=O) groups is 1. The highest BCUT2D eigenvalue weighted by Crippen LogP contribution is 2.26. The number of morpholine rings is 1. The van der Waals surface area contributed by atoms with Crippen LogP contribution < -0.4 is 10.2 Å². The summed E-state index contributed by atoms with van der Waals surface area (Å²) in [5, 5.41) is 3.11. The van der Waals surface area contributed by atoms with Gasteiger partial charge in [0.05, 0.1) is 19.8 Å². The van der Waals surface area contributed by atoms with Crippen molar-refractivity contribution >= 4 is 12.0 Å². The molecule has 5 nitrogen and oxygen atoms in total. The highest BCUT2D eigenvalue weighted by Gasteiger charge is 2.36. The smallest absolute Gasteiger partial charge is 0.202 e. The molecule has 1 aromatic carbocycles. The van der Waals surface area contributed by atoms with Gasteiger partial charge in [-0.1, -0.05) is 12.1 Å². The van der Waals surface area contributed by atoms with E-state index in [1.54, 1.807) is 0 Å². The molecule has 0 bridgehead atoms. The maximum absolute atomic E-state index is 11.3.